The molecule has 1 aliphatic rings. The molecule has 3 rings (SSSR count). The number of hydrogen-bond acceptors (Lipinski definition) is 4. The SMILES string of the molecule is Cl.Clc1ccc(-c2csc(N3CCNCC3)n2)cc1. The fourth-order valence-corrected chi connectivity index (χ4v) is 3.03. The summed E-state index contributed by atoms with van der Waals surface area (Å²) in [4.78, 5) is 7.04. The van der Waals surface area contributed by atoms with Crippen LogP contribution >= 0.6 is 35.3 Å². The molecular formula is C13H15Cl2N3S. The van der Waals surface area contributed by atoms with E-state index in [0.717, 1.165) is 47.6 Å². The standard InChI is InChI=1S/C13H14ClN3S.ClH/c14-11-3-1-10(2-4-11)12-9-18-13(16-12)17-7-5-15-6-8-17;/h1-4,9,15H,5-8H2;1H. The molecule has 1 aliphatic heterocycles. The van der Waals surface area contributed by atoms with Gasteiger partial charge in [-0.3, -0.25) is 0 Å². The van der Waals surface area contributed by atoms with Crippen molar-refractivity contribution in [3.63, 3.8) is 0 Å². The fraction of sp³-hybridized carbons (Fsp3) is 0.308. The van der Waals surface area contributed by atoms with Crippen LogP contribution in [0.1, 0.15) is 0 Å². The van der Waals surface area contributed by atoms with Gasteiger partial charge in [-0.25, -0.2) is 4.98 Å². The summed E-state index contributed by atoms with van der Waals surface area (Å²) >= 11 is 7.60. The minimum Gasteiger partial charge on any atom is -0.346 e. The van der Waals surface area contributed by atoms with Gasteiger partial charge in [0.2, 0.25) is 0 Å². The average molecular weight is 316 g/mol. The van der Waals surface area contributed by atoms with Gasteiger partial charge in [0.25, 0.3) is 0 Å². The van der Waals surface area contributed by atoms with Crippen LogP contribution < -0.4 is 10.2 Å². The van der Waals surface area contributed by atoms with Gasteiger partial charge >= 0.3 is 0 Å². The Labute approximate surface area is 128 Å². The number of piperazine rings is 1. The van der Waals surface area contributed by atoms with Crippen molar-refractivity contribution in [2.24, 2.45) is 0 Å². The summed E-state index contributed by atoms with van der Waals surface area (Å²) in [6.07, 6.45) is 0. The van der Waals surface area contributed by atoms with Gasteiger partial charge in [0.15, 0.2) is 5.13 Å². The molecule has 1 aromatic heterocycles. The van der Waals surface area contributed by atoms with Crippen LogP contribution in [0.15, 0.2) is 29.6 Å². The normalized spacial score (nSPS) is 15.1. The molecule has 0 atom stereocenters. The summed E-state index contributed by atoms with van der Waals surface area (Å²) in [6, 6.07) is 7.83. The molecule has 0 radical (unpaired) electrons. The molecule has 6 heteroatoms. The topological polar surface area (TPSA) is 28.2 Å². The molecule has 2 aromatic rings. The Hall–Kier alpha value is -0.810. The lowest BCUT2D eigenvalue weighted by atomic mass is 10.2. The van der Waals surface area contributed by atoms with Gasteiger partial charge in [0.1, 0.15) is 0 Å². The average Bonchev–Trinajstić information content (AvgIpc) is 2.90. The number of thiazole rings is 1. The highest BCUT2D eigenvalue weighted by Crippen LogP contribution is 2.28. The van der Waals surface area contributed by atoms with Gasteiger partial charge in [-0.2, -0.15) is 0 Å². The molecule has 2 heterocycles. The van der Waals surface area contributed by atoms with E-state index < -0.39 is 0 Å². The van der Waals surface area contributed by atoms with Crippen LogP contribution in [0.25, 0.3) is 11.3 Å². The Morgan fingerprint density at radius 2 is 1.84 bits per heavy atom. The quantitative estimate of drug-likeness (QED) is 0.921. The zero-order chi connectivity index (χ0) is 12.4. The summed E-state index contributed by atoms with van der Waals surface area (Å²) in [6.45, 7) is 4.15. The maximum atomic E-state index is 5.89. The zero-order valence-corrected chi connectivity index (χ0v) is 12.7. The van der Waals surface area contributed by atoms with Crippen LogP contribution in [0.4, 0.5) is 5.13 Å². The highest BCUT2D eigenvalue weighted by molar-refractivity contribution is 7.14. The van der Waals surface area contributed by atoms with Gasteiger partial charge < -0.3 is 10.2 Å². The van der Waals surface area contributed by atoms with Crippen LogP contribution in [-0.4, -0.2) is 31.2 Å². The number of hydrogen-bond donors (Lipinski definition) is 1. The van der Waals surface area contributed by atoms with E-state index in [4.69, 9.17) is 16.6 Å². The van der Waals surface area contributed by atoms with Crippen LogP contribution in [0.5, 0.6) is 0 Å². The molecular weight excluding hydrogens is 301 g/mol. The van der Waals surface area contributed by atoms with Crippen LogP contribution in [0.3, 0.4) is 0 Å². The van der Waals surface area contributed by atoms with Crippen LogP contribution in [0.2, 0.25) is 5.02 Å². The largest absolute Gasteiger partial charge is 0.346 e. The third-order valence-corrected chi connectivity index (χ3v) is 4.17. The van der Waals surface area contributed by atoms with Crippen molar-refractivity contribution in [2.45, 2.75) is 0 Å². The molecule has 1 aromatic carbocycles. The molecule has 0 amide bonds. The Kier molecular flexibility index (Phi) is 5.05. The van der Waals surface area contributed by atoms with E-state index >= 15 is 0 Å². The van der Waals surface area contributed by atoms with Gasteiger partial charge in [-0.15, -0.1) is 23.7 Å². The predicted octanol–water partition coefficient (Wildman–Crippen LogP) is 3.29. The van der Waals surface area contributed by atoms with Crippen LogP contribution in [-0.2, 0) is 0 Å². The molecule has 1 saturated heterocycles. The van der Waals surface area contributed by atoms with E-state index in [0.29, 0.717) is 0 Å². The first-order chi connectivity index (χ1) is 8.83. The number of halogens is 2. The number of anilines is 1. The third-order valence-electron chi connectivity index (χ3n) is 3.02. The van der Waals surface area contributed by atoms with Gasteiger partial charge in [-0.1, -0.05) is 23.7 Å². The van der Waals surface area contributed by atoms with Crippen molar-refractivity contribution >= 4 is 40.5 Å². The van der Waals surface area contributed by atoms with Crippen molar-refractivity contribution in [3.05, 3.63) is 34.7 Å². The second-order valence-electron chi connectivity index (χ2n) is 4.26. The molecule has 19 heavy (non-hydrogen) atoms. The van der Waals surface area contributed by atoms with Crippen molar-refractivity contribution in [3.8, 4) is 11.3 Å². The Bertz CT molecular complexity index is 521. The van der Waals surface area contributed by atoms with E-state index in [1.54, 1.807) is 11.3 Å². The molecule has 0 aliphatic carbocycles. The first kappa shape index (κ1) is 14.6. The van der Waals surface area contributed by atoms with E-state index in [9.17, 15) is 0 Å². The summed E-state index contributed by atoms with van der Waals surface area (Å²) in [5.41, 5.74) is 2.15. The maximum Gasteiger partial charge on any atom is 0.185 e. The Balaban J connectivity index is 0.00000133. The number of nitrogens with zero attached hydrogens (tertiary/aromatic N) is 2. The van der Waals surface area contributed by atoms with Gasteiger partial charge in [0.05, 0.1) is 5.69 Å². The summed E-state index contributed by atoms with van der Waals surface area (Å²) < 4.78 is 0. The maximum absolute atomic E-state index is 5.89. The minimum atomic E-state index is 0. The number of benzene rings is 1. The predicted molar refractivity (Wildman–Crippen MR) is 84.9 cm³/mol. The lowest BCUT2D eigenvalue weighted by molar-refractivity contribution is 0.588. The van der Waals surface area contributed by atoms with Crippen LogP contribution in [0, 0.1) is 0 Å². The zero-order valence-electron chi connectivity index (χ0n) is 10.3. The molecule has 0 unspecified atom stereocenters. The molecule has 1 fully saturated rings. The number of aromatic nitrogens is 1. The summed E-state index contributed by atoms with van der Waals surface area (Å²) in [5, 5.41) is 7.33. The monoisotopic (exact) mass is 315 g/mol. The van der Waals surface area contributed by atoms with Crippen molar-refractivity contribution in [1.82, 2.24) is 10.3 Å². The lowest BCUT2D eigenvalue weighted by Crippen LogP contribution is -2.43. The van der Waals surface area contributed by atoms with Crippen molar-refractivity contribution in [1.29, 1.82) is 0 Å². The highest BCUT2D eigenvalue weighted by atomic mass is 35.5. The van der Waals surface area contributed by atoms with Crippen molar-refractivity contribution in [2.75, 3.05) is 31.1 Å². The Morgan fingerprint density at radius 3 is 2.53 bits per heavy atom. The minimum absolute atomic E-state index is 0. The van der Waals surface area contributed by atoms with Gasteiger partial charge in [-0.05, 0) is 12.1 Å². The number of nitrogens with one attached hydrogen (secondary N) is 1. The second kappa shape index (κ2) is 6.57. The van der Waals surface area contributed by atoms with E-state index in [1.807, 2.05) is 24.3 Å². The molecule has 1 N–H and O–H groups in total. The second-order valence-corrected chi connectivity index (χ2v) is 5.53. The molecule has 0 saturated carbocycles. The summed E-state index contributed by atoms with van der Waals surface area (Å²) in [5.74, 6) is 0. The highest BCUT2D eigenvalue weighted by Gasteiger charge is 2.14. The van der Waals surface area contributed by atoms with Crippen molar-refractivity contribution < 1.29 is 0 Å². The lowest BCUT2D eigenvalue weighted by Gasteiger charge is -2.26. The van der Waals surface area contributed by atoms with E-state index in [-0.39, 0.29) is 12.4 Å². The molecule has 102 valence electrons. The molecule has 0 bridgehead atoms. The third kappa shape index (κ3) is 3.39. The fourth-order valence-electron chi connectivity index (χ4n) is 2.02. The van der Waals surface area contributed by atoms with Gasteiger partial charge in [0, 0.05) is 42.1 Å². The van der Waals surface area contributed by atoms with E-state index in [1.165, 1.54) is 0 Å². The number of rotatable bonds is 2. The summed E-state index contributed by atoms with van der Waals surface area (Å²) in [7, 11) is 0. The van der Waals surface area contributed by atoms with E-state index in [2.05, 4.69) is 15.6 Å². The first-order valence-electron chi connectivity index (χ1n) is 6.00. The molecule has 0 spiro atoms. The smallest absolute Gasteiger partial charge is 0.185 e. The Morgan fingerprint density at radius 1 is 1.16 bits per heavy atom. The molecule has 3 nitrogen and oxygen atoms in total. The first-order valence-corrected chi connectivity index (χ1v) is 7.26.